The van der Waals surface area contributed by atoms with Crippen LogP contribution in [0.4, 0.5) is 4.39 Å². The summed E-state index contributed by atoms with van der Waals surface area (Å²) in [4.78, 5) is 0. The topological polar surface area (TPSA) is 9.23 Å². The first-order chi connectivity index (χ1) is 6.83. The number of benzene rings is 1. The van der Waals surface area contributed by atoms with E-state index in [1.807, 2.05) is 0 Å². The molecule has 14 heavy (non-hydrogen) atoms. The van der Waals surface area contributed by atoms with Gasteiger partial charge in [-0.2, -0.15) is 0 Å². The molecule has 1 nitrogen and oxygen atoms in total. The second-order valence-electron chi connectivity index (χ2n) is 2.97. The fourth-order valence-corrected chi connectivity index (χ4v) is 1.09. The van der Waals surface area contributed by atoms with Crippen molar-refractivity contribution in [3.8, 4) is 5.75 Å². The third-order valence-corrected chi connectivity index (χ3v) is 1.75. The molecule has 2 heteroatoms. The van der Waals surface area contributed by atoms with Crippen molar-refractivity contribution in [1.82, 2.24) is 0 Å². The zero-order chi connectivity index (χ0) is 10.2. The van der Waals surface area contributed by atoms with Crippen LogP contribution in [-0.2, 0) is 0 Å². The van der Waals surface area contributed by atoms with Gasteiger partial charge in [0.25, 0.3) is 0 Å². The van der Waals surface area contributed by atoms with Crippen LogP contribution >= 0.6 is 0 Å². The van der Waals surface area contributed by atoms with E-state index >= 15 is 0 Å². The van der Waals surface area contributed by atoms with Crippen LogP contribution in [0.25, 0.3) is 0 Å². The van der Waals surface area contributed by atoms with E-state index < -0.39 is 0 Å². The van der Waals surface area contributed by atoms with E-state index in [0.717, 1.165) is 12.8 Å². The maximum absolute atomic E-state index is 12.7. The van der Waals surface area contributed by atoms with Crippen molar-refractivity contribution in [1.29, 1.82) is 0 Å². The van der Waals surface area contributed by atoms with Crippen molar-refractivity contribution < 1.29 is 9.13 Å². The Bertz CT molecular complexity index is 294. The molecule has 0 fully saturated rings. The minimum Gasteiger partial charge on any atom is -0.493 e. The van der Waals surface area contributed by atoms with Gasteiger partial charge in [0.15, 0.2) is 0 Å². The van der Waals surface area contributed by atoms with Gasteiger partial charge in [-0.05, 0) is 25.0 Å². The second-order valence-corrected chi connectivity index (χ2v) is 2.97. The Morgan fingerprint density at radius 2 is 2.21 bits per heavy atom. The molecule has 0 aliphatic heterocycles. The third-order valence-electron chi connectivity index (χ3n) is 1.75. The molecule has 0 heterocycles. The van der Waals surface area contributed by atoms with Crippen molar-refractivity contribution in [2.75, 3.05) is 6.61 Å². The first-order valence-corrected chi connectivity index (χ1v) is 4.86. The summed E-state index contributed by atoms with van der Waals surface area (Å²) in [6.45, 7) is 2.68. The van der Waals surface area contributed by atoms with Gasteiger partial charge in [-0.1, -0.05) is 25.1 Å². The fourth-order valence-electron chi connectivity index (χ4n) is 1.09. The summed E-state index contributed by atoms with van der Waals surface area (Å²) in [5, 5.41) is 0. The lowest BCUT2D eigenvalue weighted by atomic mass is 10.3. The molecule has 1 aromatic carbocycles. The number of hydrogen-bond acceptors (Lipinski definition) is 1. The molecule has 0 N–H and O–H groups in total. The quantitative estimate of drug-likeness (QED) is 0.514. The highest BCUT2D eigenvalue weighted by Crippen LogP contribution is 2.11. The van der Waals surface area contributed by atoms with Gasteiger partial charge in [0, 0.05) is 6.07 Å². The van der Waals surface area contributed by atoms with Gasteiger partial charge >= 0.3 is 0 Å². The lowest BCUT2D eigenvalue weighted by Gasteiger charge is -2.03. The number of ether oxygens (including phenoxy) is 1. The van der Waals surface area contributed by atoms with Crippen molar-refractivity contribution in [2.24, 2.45) is 0 Å². The molecular formula is C12H15FO. The van der Waals surface area contributed by atoms with E-state index in [2.05, 4.69) is 19.1 Å². The number of halogens is 1. The number of hydrogen-bond donors (Lipinski definition) is 0. The average Bonchev–Trinajstić information content (AvgIpc) is 2.18. The number of allylic oxidation sites excluding steroid dienone is 1. The van der Waals surface area contributed by atoms with Gasteiger partial charge in [0.05, 0.1) is 6.61 Å². The molecule has 0 bridgehead atoms. The van der Waals surface area contributed by atoms with Crippen molar-refractivity contribution in [3.63, 3.8) is 0 Å². The summed E-state index contributed by atoms with van der Waals surface area (Å²) >= 11 is 0. The Morgan fingerprint density at radius 1 is 1.36 bits per heavy atom. The molecule has 0 atom stereocenters. The van der Waals surface area contributed by atoms with Crippen molar-refractivity contribution in [3.05, 3.63) is 42.2 Å². The van der Waals surface area contributed by atoms with Gasteiger partial charge in [-0.3, -0.25) is 0 Å². The van der Waals surface area contributed by atoms with Crippen LogP contribution in [0.2, 0.25) is 0 Å². The summed E-state index contributed by atoms with van der Waals surface area (Å²) in [7, 11) is 0. The van der Waals surface area contributed by atoms with Gasteiger partial charge < -0.3 is 4.74 Å². The van der Waals surface area contributed by atoms with Crippen LogP contribution in [0.3, 0.4) is 0 Å². The van der Waals surface area contributed by atoms with Crippen LogP contribution in [0.15, 0.2) is 36.4 Å². The Balaban J connectivity index is 2.28. The summed E-state index contributed by atoms with van der Waals surface area (Å²) in [6.07, 6.45) is 6.07. The first-order valence-electron chi connectivity index (χ1n) is 4.86. The first kappa shape index (κ1) is 10.8. The molecule has 1 rings (SSSR count). The predicted molar refractivity (Wildman–Crippen MR) is 55.9 cm³/mol. The lowest BCUT2D eigenvalue weighted by Crippen LogP contribution is -1.95. The molecule has 76 valence electrons. The molecule has 0 saturated carbocycles. The highest BCUT2D eigenvalue weighted by Gasteiger charge is 1.93. The largest absolute Gasteiger partial charge is 0.493 e. The average molecular weight is 194 g/mol. The number of rotatable bonds is 5. The Hall–Kier alpha value is -1.31. The molecule has 1 aromatic rings. The van der Waals surface area contributed by atoms with Crippen molar-refractivity contribution >= 4 is 0 Å². The van der Waals surface area contributed by atoms with Crippen LogP contribution in [-0.4, -0.2) is 6.61 Å². The molecule has 0 unspecified atom stereocenters. The van der Waals surface area contributed by atoms with Gasteiger partial charge in [0.2, 0.25) is 0 Å². The summed E-state index contributed by atoms with van der Waals surface area (Å²) in [6, 6.07) is 6.20. The molecule has 0 amide bonds. The zero-order valence-electron chi connectivity index (χ0n) is 8.37. The smallest absolute Gasteiger partial charge is 0.126 e. The monoisotopic (exact) mass is 194 g/mol. The van der Waals surface area contributed by atoms with Crippen LogP contribution in [0.5, 0.6) is 5.75 Å². The van der Waals surface area contributed by atoms with E-state index in [0.29, 0.717) is 12.4 Å². The predicted octanol–water partition coefficient (Wildman–Crippen LogP) is 3.56. The van der Waals surface area contributed by atoms with E-state index in [4.69, 9.17) is 4.74 Å². The molecular weight excluding hydrogens is 179 g/mol. The Morgan fingerprint density at radius 3 is 2.93 bits per heavy atom. The molecule has 0 aliphatic rings. The third kappa shape index (κ3) is 4.08. The SMILES string of the molecule is CCC=CCCOc1cccc(F)c1. The molecule has 0 aromatic heterocycles. The van der Waals surface area contributed by atoms with Crippen LogP contribution in [0, 0.1) is 5.82 Å². The Kier molecular flexibility index (Phi) is 4.76. The van der Waals surface area contributed by atoms with Gasteiger partial charge in [-0.25, -0.2) is 4.39 Å². The van der Waals surface area contributed by atoms with Crippen molar-refractivity contribution in [2.45, 2.75) is 19.8 Å². The normalized spacial score (nSPS) is 10.7. The highest BCUT2D eigenvalue weighted by molar-refractivity contribution is 5.22. The zero-order valence-corrected chi connectivity index (χ0v) is 8.37. The minimum atomic E-state index is -0.258. The van der Waals surface area contributed by atoms with Gasteiger partial charge in [-0.15, -0.1) is 0 Å². The summed E-state index contributed by atoms with van der Waals surface area (Å²) in [5.74, 6) is 0.335. The second kappa shape index (κ2) is 6.19. The molecule has 0 aliphatic carbocycles. The molecule has 0 radical (unpaired) electrons. The summed E-state index contributed by atoms with van der Waals surface area (Å²) < 4.78 is 18.0. The van der Waals surface area contributed by atoms with E-state index in [1.54, 1.807) is 12.1 Å². The fraction of sp³-hybridized carbons (Fsp3) is 0.333. The highest BCUT2D eigenvalue weighted by atomic mass is 19.1. The van der Waals surface area contributed by atoms with E-state index in [-0.39, 0.29) is 5.82 Å². The molecule has 0 saturated heterocycles. The van der Waals surface area contributed by atoms with E-state index in [1.165, 1.54) is 12.1 Å². The maximum Gasteiger partial charge on any atom is 0.126 e. The van der Waals surface area contributed by atoms with E-state index in [9.17, 15) is 4.39 Å². The lowest BCUT2D eigenvalue weighted by molar-refractivity contribution is 0.323. The molecule has 0 spiro atoms. The van der Waals surface area contributed by atoms with Crippen LogP contribution in [0.1, 0.15) is 19.8 Å². The van der Waals surface area contributed by atoms with Gasteiger partial charge in [0.1, 0.15) is 11.6 Å². The minimum absolute atomic E-state index is 0.258. The summed E-state index contributed by atoms with van der Waals surface area (Å²) in [5.41, 5.74) is 0. The maximum atomic E-state index is 12.7. The standard InChI is InChI=1S/C12H15FO/c1-2-3-4-5-9-14-12-8-6-7-11(13)10-12/h3-4,6-8,10H,2,5,9H2,1H3. The Labute approximate surface area is 84.2 Å². The van der Waals surface area contributed by atoms with Crippen LogP contribution < -0.4 is 4.74 Å².